The first kappa shape index (κ1) is 32.6. The summed E-state index contributed by atoms with van der Waals surface area (Å²) in [7, 11) is 0. The third-order valence-corrected chi connectivity index (χ3v) is 8.05. The number of benzene rings is 3. The molecule has 45 heavy (non-hydrogen) atoms. The molecule has 0 saturated carbocycles. The van der Waals surface area contributed by atoms with Crippen molar-refractivity contribution in [3.8, 4) is 5.75 Å². The fourth-order valence-corrected chi connectivity index (χ4v) is 6.02. The van der Waals surface area contributed by atoms with Gasteiger partial charge in [0.25, 0.3) is 0 Å². The molecule has 236 valence electrons. The number of rotatable bonds is 10. The number of nitrogens with one attached hydrogen (secondary N) is 1. The van der Waals surface area contributed by atoms with Gasteiger partial charge in [0.05, 0.1) is 18.8 Å². The Balaban J connectivity index is 1.26. The van der Waals surface area contributed by atoms with E-state index in [1.165, 1.54) is 4.90 Å². The van der Waals surface area contributed by atoms with Crippen LogP contribution >= 0.6 is 34.8 Å². The van der Waals surface area contributed by atoms with Gasteiger partial charge in [-0.2, -0.15) is 0 Å². The van der Waals surface area contributed by atoms with Crippen molar-refractivity contribution in [2.75, 3.05) is 25.1 Å². The number of hydrogen-bond acceptors (Lipinski definition) is 6. The molecule has 2 N–H and O–H groups in total. The molecule has 12 heteroatoms. The molecule has 0 spiro atoms. The van der Waals surface area contributed by atoms with Gasteiger partial charge in [-0.15, -0.1) is 0 Å². The zero-order valence-corrected chi connectivity index (χ0v) is 26.4. The minimum absolute atomic E-state index is 0.0298. The molecule has 3 atom stereocenters. The monoisotopic (exact) mass is 671 g/mol. The van der Waals surface area contributed by atoms with Crippen LogP contribution in [0.15, 0.2) is 91.1 Å². The maximum absolute atomic E-state index is 12.2. The number of pyridine rings is 1. The Morgan fingerprint density at radius 3 is 2.42 bits per heavy atom. The summed E-state index contributed by atoms with van der Waals surface area (Å²) in [6, 6.07) is 26.1. The lowest BCUT2D eigenvalue weighted by Crippen LogP contribution is -2.55. The Hall–Kier alpha value is -3.76. The Labute approximate surface area is 275 Å². The highest BCUT2D eigenvalue weighted by Crippen LogP contribution is 2.42. The predicted octanol–water partition coefficient (Wildman–Crippen LogP) is 8.04. The standard InChI is InChI=1S/C33H32Cl3N3O6/c34-33(35,36)20-28-30(45-21-22-8-9-23-5-1-2-6-25(23)19-22)27(14-16-39(28)32(41)42)24-10-12-26(13-11-24)43-17-18-44-31(40)38-29-7-3-4-15-37-29/h1-13,15,19,27-28,30H,14,16-18,20-21H2,(H,41,42)(H,37,38,40). The van der Waals surface area contributed by atoms with E-state index in [1.807, 2.05) is 60.7 Å². The van der Waals surface area contributed by atoms with E-state index in [4.69, 9.17) is 49.0 Å². The first-order valence-electron chi connectivity index (χ1n) is 14.4. The lowest BCUT2D eigenvalue weighted by atomic mass is 9.81. The van der Waals surface area contributed by atoms with Crippen LogP contribution in [0.1, 0.15) is 29.9 Å². The number of carbonyl (C=O) groups is 2. The van der Waals surface area contributed by atoms with Crippen LogP contribution < -0.4 is 10.1 Å². The highest BCUT2D eigenvalue weighted by Gasteiger charge is 2.45. The SMILES string of the molecule is O=C(Nc1ccccn1)OCCOc1ccc(C2CCN(C(=O)O)C(CC(Cl)(Cl)Cl)C2OCc2ccc3ccccc3c2)cc1. The number of aromatic nitrogens is 1. The Kier molecular flexibility index (Phi) is 10.9. The average molecular weight is 673 g/mol. The third kappa shape index (κ3) is 9.14. The number of fused-ring (bicyclic) bond motifs is 1. The molecular weight excluding hydrogens is 641 g/mol. The summed E-state index contributed by atoms with van der Waals surface area (Å²) in [4.78, 5) is 29.5. The van der Waals surface area contributed by atoms with Crippen molar-refractivity contribution in [3.05, 3.63) is 102 Å². The van der Waals surface area contributed by atoms with Gasteiger partial charge >= 0.3 is 12.2 Å². The van der Waals surface area contributed by atoms with Crippen molar-refractivity contribution in [2.45, 2.75) is 41.3 Å². The minimum Gasteiger partial charge on any atom is -0.490 e. The van der Waals surface area contributed by atoms with Crippen LogP contribution in [-0.2, 0) is 16.1 Å². The fourth-order valence-electron chi connectivity index (χ4n) is 5.54. The number of alkyl halides is 3. The number of nitrogens with zero attached hydrogens (tertiary/aromatic N) is 2. The summed E-state index contributed by atoms with van der Waals surface area (Å²) in [5.74, 6) is 0.803. The van der Waals surface area contributed by atoms with Gasteiger partial charge in [0.1, 0.15) is 24.8 Å². The Morgan fingerprint density at radius 1 is 0.956 bits per heavy atom. The number of likely N-dealkylation sites (tertiary alicyclic amines) is 1. The van der Waals surface area contributed by atoms with E-state index in [9.17, 15) is 14.7 Å². The van der Waals surface area contributed by atoms with Gasteiger partial charge in [-0.1, -0.05) is 89.4 Å². The van der Waals surface area contributed by atoms with E-state index in [2.05, 4.69) is 16.4 Å². The summed E-state index contributed by atoms with van der Waals surface area (Å²) < 4.78 is 15.8. The van der Waals surface area contributed by atoms with Crippen molar-refractivity contribution >= 4 is 63.6 Å². The van der Waals surface area contributed by atoms with Gasteiger partial charge in [-0.3, -0.25) is 5.32 Å². The lowest BCUT2D eigenvalue weighted by molar-refractivity contribution is -0.0587. The summed E-state index contributed by atoms with van der Waals surface area (Å²) >= 11 is 18.7. The summed E-state index contributed by atoms with van der Waals surface area (Å²) in [5, 5.41) is 14.8. The van der Waals surface area contributed by atoms with Crippen LogP contribution in [0.25, 0.3) is 10.8 Å². The molecule has 1 saturated heterocycles. The van der Waals surface area contributed by atoms with Gasteiger partial charge < -0.3 is 24.2 Å². The first-order valence-corrected chi connectivity index (χ1v) is 15.5. The summed E-state index contributed by atoms with van der Waals surface area (Å²) in [6.07, 6.45) is -0.249. The quantitative estimate of drug-likeness (QED) is 0.130. The van der Waals surface area contributed by atoms with E-state index in [0.29, 0.717) is 18.0 Å². The second-order valence-corrected chi connectivity index (χ2v) is 13.1. The number of anilines is 1. The van der Waals surface area contributed by atoms with E-state index in [0.717, 1.165) is 21.9 Å². The first-order chi connectivity index (χ1) is 21.7. The predicted molar refractivity (Wildman–Crippen MR) is 174 cm³/mol. The molecule has 2 amide bonds. The number of hydrogen-bond donors (Lipinski definition) is 2. The molecule has 5 rings (SSSR count). The topological polar surface area (TPSA) is 110 Å². The van der Waals surface area contributed by atoms with Crippen LogP contribution in [-0.4, -0.2) is 62.9 Å². The molecule has 4 aromatic rings. The molecule has 1 aromatic heterocycles. The number of ether oxygens (including phenoxy) is 3. The van der Waals surface area contributed by atoms with Gasteiger partial charge in [-0.25, -0.2) is 14.6 Å². The maximum atomic E-state index is 12.2. The van der Waals surface area contributed by atoms with Gasteiger partial charge in [0.15, 0.2) is 3.79 Å². The minimum atomic E-state index is -1.68. The van der Waals surface area contributed by atoms with Crippen LogP contribution in [0.2, 0.25) is 0 Å². The van der Waals surface area contributed by atoms with Crippen LogP contribution in [0, 0.1) is 0 Å². The van der Waals surface area contributed by atoms with Gasteiger partial charge in [0.2, 0.25) is 0 Å². The summed E-state index contributed by atoms with van der Waals surface area (Å²) in [6.45, 7) is 0.703. The maximum Gasteiger partial charge on any atom is 0.412 e. The molecule has 0 radical (unpaired) electrons. The van der Waals surface area contributed by atoms with Crippen LogP contribution in [0.5, 0.6) is 5.75 Å². The molecule has 3 aromatic carbocycles. The Morgan fingerprint density at radius 2 is 1.71 bits per heavy atom. The van der Waals surface area contributed by atoms with E-state index in [-0.39, 0.29) is 38.7 Å². The zero-order valence-electron chi connectivity index (χ0n) is 24.2. The number of amides is 2. The molecule has 0 bridgehead atoms. The van der Waals surface area contributed by atoms with Crippen molar-refractivity contribution in [1.82, 2.24) is 9.88 Å². The molecule has 1 fully saturated rings. The molecule has 1 aliphatic heterocycles. The van der Waals surface area contributed by atoms with Crippen molar-refractivity contribution in [3.63, 3.8) is 0 Å². The molecular formula is C33H32Cl3N3O6. The smallest absolute Gasteiger partial charge is 0.412 e. The lowest BCUT2D eigenvalue weighted by Gasteiger charge is -2.45. The Bertz CT molecular complexity index is 1590. The molecule has 9 nitrogen and oxygen atoms in total. The number of carboxylic acid groups (broad SMARTS) is 1. The van der Waals surface area contributed by atoms with E-state index < -0.39 is 28.1 Å². The molecule has 0 aliphatic carbocycles. The van der Waals surface area contributed by atoms with Crippen molar-refractivity contribution < 1.29 is 28.9 Å². The largest absolute Gasteiger partial charge is 0.490 e. The molecule has 3 unspecified atom stereocenters. The van der Waals surface area contributed by atoms with Gasteiger partial charge in [-0.05, 0) is 58.7 Å². The van der Waals surface area contributed by atoms with Crippen molar-refractivity contribution in [1.29, 1.82) is 0 Å². The highest BCUT2D eigenvalue weighted by atomic mass is 35.6. The molecule has 1 aliphatic rings. The second-order valence-electron chi connectivity index (χ2n) is 10.6. The van der Waals surface area contributed by atoms with Gasteiger partial charge in [0, 0.05) is 25.1 Å². The van der Waals surface area contributed by atoms with Crippen LogP contribution in [0.3, 0.4) is 0 Å². The number of piperidine rings is 1. The zero-order chi connectivity index (χ0) is 31.8. The summed E-state index contributed by atoms with van der Waals surface area (Å²) in [5.41, 5.74) is 1.89. The van der Waals surface area contributed by atoms with E-state index >= 15 is 0 Å². The highest BCUT2D eigenvalue weighted by molar-refractivity contribution is 6.67. The van der Waals surface area contributed by atoms with E-state index in [1.54, 1.807) is 24.4 Å². The second kappa shape index (κ2) is 15.0. The van der Waals surface area contributed by atoms with Crippen LogP contribution in [0.4, 0.5) is 15.4 Å². The fraction of sp³-hybridized carbons (Fsp3) is 0.303. The molecule has 2 heterocycles. The van der Waals surface area contributed by atoms with Crippen molar-refractivity contribution in [2.24, 2.45) is 0 Å². The average Bonchev–Trinajstić information content (AvgIpc) is 3.02. The third-order valence-electron chi connectivity index (χ3n) is 7.59. The normalized spacial score (nSPS) is 18.4. The number of halogens is 3. The number of carbonyl (C=O) groups excluding carboxylic acids is 1.